The van der Waals surface area contributed by atoms with Gasteiger partial charge in [0.2, 0.25) is 11.8 Å². The Morgan fingerprint density at radius 2 is 1.81 bits per heavy atom. The predicted octanol–water partition coefficient (Wildman–Crippen LogP) is 4.47. The molecular formula is C30H37N3O4. The Balaban J connectivity index is 1.46. The van der Waals surface area contributed by atoms with E-state index in [1.807, 2.05) is 30.3 Å². The number of hydrogen-bond acceptors (Lipinski definition) is 3. The number of carbonyl (C=O) groups is 3. The average molecular weight is 504 g/mol. The highest BCUT2D eigenvalue weighted by Gasteiger charge is 2.28. The van der Waals surface area contributed by atoms with Crippen LogP contribution in [0.5, 0.6) is 0 Å². The maximum atomic E-state index is 13.3. The van der Waals surface area contributed by atoms with E-state index >= 15 is 0 Å². The number of fused-ring (bicyclic) bond motifs is 5. The molecule has 37 heavy (non-hydrogen) atoms. The zero-order valence-electron chi connectivity index (χ0n) is 21.3. The number of carboxylic acids is 1. The van der Waals surface area contributed by atoms with Crippen LogP contribution < -0.4 is 10.6 Å². The van der Waals surface area contributed by atoms with E-state index in [0.717, 1.165) is 61.5 Å². The molecule has 0 saturated carbocycles. The van der Waals surface area contributed by atoms with E-state index in [9.17, 15) is 19.5 Å². The van der Waals surface area contributed by atoms with Gasteiger partial charge in [0.15, 0.2) is 0 Å². The number of aliphatic carboxylic acids is 1. The van der Waals surface area contributed by atoms with E-state index < -0.39 is 17.9 Å². The Bertz CT molecular complexity index is 1200. The minimum atomic E-state index is -1.01. The molecule has 3 N–H and O–H groups in total. The number of amides is 2. The average Bonchev–Trinajstić information content (AvgIpc) is 3.24. The van der Waals surface area contributed by atoms with Crippen LogP contribution in [0.4, 0.5) is 0 Å². The van der Waals surface area contributed by atoms with E-state index in [2.05, 4.69) is 45.7 Å². The van der Waals surface area contributed by atoms with E-state index in [0.29, 0.717) is 19.4 Å². The van der Waals surface area contributed by atoms with Gasteiger partial charge in [0, 0.05) is 42.5 Å². The lowest BCUT2D eigenvalue weighted by Gasteiger charge is -2.22. The molecule has 0 spiro atoms. The molecule has 7 nitrogen and oxygen atoms in total. The quantitative estimate of drug-likeness (QED) is 0.375. The van der Waals surface area contributed by atoms with Gasteiger partial charge >= 0.3 is 5.97 Å². The number of hydrogen-bond donors (Lipinski definition) is 3. The molecule has 2 atom stereocenters. The molecule has 4 rings (SSSR count). The number of para-hydroxylation sites is 1. The standard InChI is InChI=1S/C30H37N3O4/c34-28(35)20-23(14-6-5-13-22-11-3-1-4-12-22)29(36)32-26-19-24-21-33(27-16-8-7-15-25(24)27)18-10-2-9-17-31-30(26)37/h1,3-4,7-8,11-12,15-16,21,23,26H,2,5-6,9-10,13-14,17-20H2,(H,31,37)(H,32,36)(H,34,35)/t23-,26+/m1/s1. The van der Waals surface area contributed by atoms with Gasteiger partial charge in [0.25, 0.3) is 0 Å². The van der Waals surface area contributed by atoms with Crippen molar-refractivity contribution in [3.63, 3.8) is 0 Å². The predicted molar refractivity (Wildman–Crippen MR) is 144 cm³/mol. The van der Waals surface area contributed by atoms with Gasteiger partial charge in [-0.05, 0) is 55.7 Å². The van der Waals surface area contributed by atoms with Gasteiger partial charge in [-0.3, -0.25) is 14.4 Å². The molecule has 2 aromatic carbocycles. The second-order valence-electron chi connectivity index (χ2n) is 10.0. The van der Waals surface area contributed by atoms with Crippen molar-refractivity contribution in [1.82, 2.24) is 15.2 Å². The summed E-state index contributed by atoms with van der Waals surface area (Å²) < 4.78 is 2.24. The summed E-state index contributed by atoms with van der Waals surface area (Å²) in [5.74, 6) is -2.26. The summed E-state index contributed by atoms with van der Waals surface area (Å²) in [7, 11) is 0. The fraction of sp³-hybridized carbons (Fsp3) is 0.433. The number of benzene rings is 2. The first kappa shape index (κ1) is 26.5. The van der Waals surface area contributed by atoms with Crippen molar-refractivity contribution in [3.05, 3.63) is 71.9 Å². The second kappa shape index (κ2) is 13.1. The molecule has 0 aliphatic carbocycles. The second-order valence-corrected chi connectivity index (χ2v) is 10.0. The van der Waals surface area contributed by atoms with E-state index in [-0.39, 0.29) is 18.2 Å². The molecule has 1 aromatic heterocycles. The molecule has 196 valence electrons. The normalized spacial score (nSPS) is 17.3. The van der Waals surface area contributed by atoms with Crippen LogP contribution in [0, 0.1) is 5.92 Å². The Morgan fingerprint density at radius 3 is 2.62 bits per heavy atom. The van der Waals surface area contributed by atoms with Crippen LogP contribution in [0.15, 0.2) is 60.8 Å². The third kappa shape index (κ3) is 7.44. The van der Waals surface area contributed by atoms with Crippen molar-refractivity contribution in [1.29, 1.82) is 0 Å². The third-order valence-corrected chi connectivity index (χ3v) is 7.21. The first-order valence-corrected chi connectivity index (χ1v) is 13.4. The van der Waals surface area contributed by atoms with Crippen LogP contribution in [0.25, 0.3) is 10.9 Å². The van der Waals surface area contributed by atoms with Gasteiger partial charge in [-0.1, -0.05) is 55.0 Å². The van der Waals surface area contributed by atoms with Crippen molar-refractivity contribution >= 4 is 28.7 Å². The molecule has 7 heteroatoms. The highest BCUT2D eigenvalue weighted by molar-refractivity contribution is 5.91. The number of carbonyl (C=O) groups excluding carboxylic acids is 2. The maximum Gasteiger partial charge on any atom is 0.304 e. The Labute approximate surface area is 218 Å². The van der Waals surface area contributed by atoms with Gasteiger partial charge in [-0.25, -0.2) is 0 Å². The van der Waals surface area contributed by atoms with Crippen LogP contribution in [0.1, 0.15) is 56.1 Å². The van der Waals surface area contributed by atoms with Crippen LogP contribution in [-0.2, 0) is 33.8 Å². The molecule has 3 aromatic rings. The van der Waals surface area contributed by atoms with Crippen LogP contribution in [-0.4, -0.2) is 40.0 Å². The molecule has 0 radical (unpaired) electrons. The first-order chi connectivity index (χ1) is 18.0. The Morgan fingerprint density at radius 1 is 1.03 bits per heavy atom. The molecule has 0 fully saturated rings. The fourth-order valence-corrected chi connectivity index (χ4v) is 5.21. The summed E-state index contributed by atoms with van der Waals surface area (Å²) in [6.45, 7) is 1.48. The van der Waals surface area contributed by atoms with Gasteiger partial charge in [-0.15, -0.1) is 0 Å². The van der Waals surface area contributed by atoms with Gasteiger partial charge in [0.1, 0.15) is 6.04 Å². The van der Waals surface area contributed by atoms with E-state index in [1.54, 1.807) is 0 Å². The summed E-state index contributed by atoms with van der Waals surface area (Å²) in [6, 6.07) is 17.5. The van der Waals surface area contributed by atoms with Gasteiger partial charge in [-0.2, -0.15) is 0 Å². The minimum Gasteiger partial charge on any atom is -0.481 e. The molecular weight excluding hydrogens is 466 g/mol. The number of rotatable bonds is 9. The smallest absolute Gasteiger partial charge is 0.304 e. The number of aryl methyl sites for hydroxylation is 2. The lowest BCUT2D eigenvalue weighted by molar-refractivity contribution is -0.141. The Kier molecular flexibility index (Phi) is 9.35. The van der Waals surface area contributed by atoms with Crippen molar-refractivity contribution in [2.75, 3.05) is 6.54 Å². The topological polar surface area (TPSA) is 100 Å². The summed E-state index contributed by atoms with van der Waals surface area (Å²) >= 11 is 0. The zero-order valence-corrected chi connectivity index (χ0v) is 21.3. The van der Waals surface area contributed by atoms with E-state index in [1.165, 1.54) is 5.56 Å². The minimum absolute atomic E-state index is 0.219. The summed E-state index contributed by atoms with van der Waals surface area (Å²) in [6.07, 6.45) is 8.09. The largest absolute Gasteiger partial charge is 0.481 e. The highest BCUT2D eigenvalue weighted by Crippen LogP contribution is 2.24. The number of nitrogens with one attached hydrogen (secondary N) is 2. The molecule has 2 bridgehead atoms. The molecule has 0 saturated heterocycles. The molecule has 1 aliphatic heterocycles. The van der Waals surface area contributed by atoms with Crippen molar-refractivity contribution < 1.29 is 19.5 Å². The first-order valence-electron chi connectivity index (χ1n) is 13.4. The maximum absolute atomic E-state index is 13.3. The van der Waals surface area contributed by atoms with Gasteiger partial charge in [0.05, 0.1) is 6.42 Å². The zero-order chi connectivity index (χ0) is 26.0. The number of carboxylic acid groups (broad SMARTS) is 1. The third-order valence-electron chi connectivity index (χ3n) is 7.21. The lowest BCUT2D eigenvalue weighted by Crippen LogP contribution is -2.50. The molecule has 0 unspecified atom stereocenters. The van der Waals surface area contributed by atoms with Crippen molar-refractivity contribution in [2.45, 2.75) is 70.4 Å². The molecule has 1 aliphatic rings. The monoisotopic (exact) mass is 503 g/mol. The fourth-order valence-electron chi connectivity index (χ4n) is 5.21. The van der Waals surface area contributed by atoms with Crippen LogP contribution >= 0.6 is 0 Å². The SMILES string of the molecule is O=C(O)C[C@@H](CCCCc1ccccc1)C(=O)N[C@H]1Cc2cn(c3ccccc23)CCCCCNC1=O. The molecule has 2 amide bonds. The summed E-state index contributed by atoms with van der Waals surface area (Å²) in [5, 5.41) is 16.4. The lowest BCUT2D eigenvalue weighted by atomic mass is 9.95. The van der Waals surface area contributed by atoms with E-state index in [4.69, 9.17) is 0 Å². The highest BCUT2D eigenvalue weighted by atomic mass is 16.4. The number of unbranched alkanes of at least 4 members (excludes halogenated alkanes) is 1. The van der Waals surface area contributed by atoms with Crippen molar-refractivity contribution in [2.24, 2.45) is 5.92 Å². The number of nitrogens with zero attached hydrogens (tertiary/aromatic N) is 1. The summed E-state index contributed by atoms with van der Waals surface area (Å²) in [4.78, 5) is 38.0. The summed E-state index contributed by atoms with van der Waals surface area (Å²) in [5.41, 5.74) is 3.37. The number of aromatic nitrogens is 1. The van der Waals surface area contributed by atoms with Gasteiger partial charge < -0.3 is 20.3 Å². The van der Waals surface area contributed by atoms with Crippen LogP contribution in [0.2, 0.25) is 0 Å². The van der Waals surface area contributed by atoms with Crippen molar-refractivity contribution in [3.8, 4) is 0 Å². The Hall–Kier alpha value is -3.61. The van der Waals surface area contributed by atoms with Crippen LogP contribution in [0.3, 0.4) is 0 Å². The molecule has 2 heterocycles.